The summed E-state index contributed by atoms with van der Waals surface area (Å²) in [6.07, 6.45) is 18.9. The van der Waals surface area contributed by atoms with Crippen molar-refractivity contribution < 1.29 is 55.8 Å². The van der Waals surface area contributed by atoms with Gasteiger partial charge in [-0.15, -0.1) is 0 Å². The van der Waals surface area contributed by atoms with Crippen LogP contribution in [0.25, 0.3) is 0 Å². The number of anilines is 1. The Hall–Kier alpha value is -6.41. The largest absolute Gasteiger partial charge is 0.377 e. The number of aryl methyl sites for hydroxylation is 1. The molecule has 0 aliphatic carbocycles. The SMILES string of the molecule is Cc1ccc2c(c1)C(C)(C)C(=CC=CC=CC=CC1=[N+](CCCCCC(=O)NCCN3C(=O)C=CC3=O)c3ccc(S(=O)(=O)O)cc3C1(C)C)N2CCOCCOCCOCCOCc1ccc([N+](=O)[O-])cc1. The number of nitrogens with zero attached hydrogens (tertiary/aromatic N) is 4. The molecule has 3 heterocycles. The zero-order chi connectivity index (χ0) is 52.6. The van der Waals surface area contributed by atoms with Crippen LogP contribution in [0.4, 0.5) is 17.1 Å². The van der Waals surface area contributed by atoms with Gasteiger partial charge in [-0.3, -0.25) is 34.0 Å². The van der Waals surface area contributed by atoms with Crippen LogP contribution in [0.15, 0.2) is 126 Å². The zero-order valence-electron chi connectivity index (χ0n) is 42.4. The van der Waals surface area contributed by atoms with Gasteiger partial charge in [0.25, 0.3) is 27.6 Å². The summed E-state index contributed by atoms with van der Waals surface area (Å²) in [6, 6.07) is 17.5. The lowest BCUT2D eigenvalue weighted by atomic mass is 9.81. The number of fused-ring (bicyclic) bond motifs is 2. The molecule has 3 aliphatic heterocycles. The second-order valence-corrected chi connectivity index (χ2v) is 20.4. The fourth-order valence-corrected chi connectivity index (χ4v) is 9.58. The summed E-state index contributed by atoms with van der Waals surface area (Å²) in [6.45, 7) is 15.6. The molecule has 0 aromatic heterocycles. The van der Waals surface area contributed by atoms with Crippen LogP contribution in [0.1, 0.15) is 75.6 Å². The molecular formula is C55H68N5O12S+. The van der Waals surface area contributed by atoms with Gasteiger partial charge in [-0.2, -0.15) is 13.0 Å². The second-order valence-electron chi connectivity index (χ2n) is 18.9. The Morgan fingerprint density at radius 1 is 0.753 bits per heavy atom. The van der Waals surface area contributed by atoms with Crippen molar-refractivity contribution in [1.82, 2.24) is 10.2 Å². The first-order valence-corrected chi connectivity index (χ1v) is 26.1. The van der Waals surface area contributed by atoms with Gasteiger partial charge >= 0.3 is 0 Å². The van der Waals surface area contributed by atoms with Gasteiger partial charge in [0.1, 0.15) is 6.54 Å². The number of nitro groups is 1. The summed E-state index contributed by atoms with van der Waals surface area (Å²) < 4.78 is 59.3. The minimum atomic E-state index is -4.42. The fourth-order valence-electron chi connectivity index (χ4n) is 9.07. The number of ether oxygens (including phenoxy) is 4. The number of nitro benzene ring substituents is 1. The number of unbranched alkanes of at least 4 members (excludes halogenated alkanes) is 2. The highest BCUT2D eigenvalue weighted by atomic mass is 32.2. The molecule has 3 aromatic carbocycles. The lowest BCUT2D eigenvalue weighted by molar-refractivity contribution is -0.438. The third-order valence-electron chi connectivity index (χ3n) is 13.0. The van der Waals surface area contributed by atoms with Crippen LogP contribution in [0.3, 0.4) is 0 Å². The molecule has 390 valence electrons. The van der Waals surface area contributed by atoms with Crippen molar-refractivity contribution in [3.05, 3.63) is 153 Å². The molecule has 0 radical (unpaired) electrons. The minimum Gasteiger partial charge on any atom is -0.377 e. The Morgan fingerprint density at radius 2 is 1.40 bits per heavy atom. The molecule has 17 nitrogen and oxygen atoms in total. The monoisotopic (exact) mass is 1020 g/mol. The summed E-state index contributed by atoms with van der Waals surface area (Å²) in [4.78, 5) is 49.7. The van der Waals surface area contributed by atoms with Crippen molar-refractivity contribution in [3.63, 3.8) is 0 Å². The lowest BCUT2D eigenvalue weighted by Crippen LogP contribution is -2.38. The molecule has 73 heavy (non-hydrogen) atoms. The number of allylic oxidation sites excluding steroid dienone is 8. The summed E-state index contributed by atoms with van der Waals surface area (Å²) in [5.41, 5.74) is 7.39. The molecule has 0 fully saturated rings. The molecule has 2 N–H and O–H groups in total. The van der Waals surface area contributed by atoms with Crippen molar-refractivity contribution >= 4 is 50.6 Å². The van der Waals surface area contributed by atoms with E-state index in [1.165, 1.54) is 47.5 Å². The molecule has 0 saturated carbocycles. The Bertz CT molecular complexity index is 2760. The first-order chi connectivity index (χ1) is 34.9. The van der Waals surface area contributed by atoms with Crippen molar-refractivity contribution in [2.45, 2.75) is 82.6 Å². The smallest absolute Gasteiger partial charge is 0.294 e. The molecule has 0 bridgehead atoms. The Kier molecular flexibility index (Phi) is 19.9. The highest BCUT2D eigenvalue weighted by Gasteiger charge is 2.45. The van der Waals surface area contributed by atoms with Crippen molar-refractivity contribution in [3.8, 4) is 0 Å². The third-order valence-corrected chi connectivity index (χ3v) is 13.8. The number of hydrogen-bond donors (Lipinski definition) is 2. The number of rotatable bonds is 29. The van der Waals surface area contributed by atoms with Crippen LogP contribution in [0, 0.1) is 17.0 Å². The van der Waals surface area contributed by atoms with Crippen LogP contribution in [0.5, 0.6) is 0 Å². The van der Waals surface area contributed by atoms with Gasteiger partial charge in [0, 0.05) is 91.3 Å². The molecule has 18 heteroatoms. The van der Waals surface area contributed by atoms with Gasteiger partial charge in [0.2, 0.25) is 11.6 Å². The maximum absolute atomic E-state index is 12.5. The number of hydrogen-bond acceptors (Lipinski definition) is 12. The van der Waals surface area contributed by atoms with E-state index in [2.05, 4.69) is 59.8 Å². The van der Waals surface area contributed by atoms with Crippen LogP contribution in [-0.4, -0.2) is 123 Å². The number of nitrogens with one attached hydrogen (secondary N) is 1. The van der Waals surface area contributed by atoms with Crippen LogP contribution < -0.4 is 10.2 Å². The average molecular weight is 1020 g/mol. The highest BCUT2D eigenvalue weighted by molar-refractivity contribution is 7.85. The molecule has 3 aliphatic rings. The summed E-state index contributed by atoms with van der Waals surface area (Å²) >= 11 is 0. The highest BCUT2D eigenvalue weighted by Crippen LogP contribution is 2.48. The van der Waals surface area contributed by atoms with E-state index in [0.717, 1.165) is 51.7 Å². The van der Waals surface area contributed by atoms with E-state index in [4.69, 9.17) is 18.9 Å². The normalized spacial score (nSPS) is 16.6. The first-order valence-electron chi connectivity index (χ1n) is 24.6. The number of carbonyl (C=O) groups is 3. The first kappa shape index (κ1) is 55.9. The number of carbonyl (C=O) groups excluding carboxylic acids is 3. The molecule has 3 aromatic rings. The molecule has 0 unspecified atom stereocenters. The number of non-ortho nitro benzene ring substituents is 1. The molecule has 0 atom stereocenters. The standard InChI is InChI=1S/C55H67N5O12S/c1-41-17-23-47-45(38-41)54(2,3)50(58(47)30-31-69-32-33-70-34-35-71-36-37-72-40-42-18-20-43(21-19-42)60(64)65)15-11-8-6-7-10-14-49-55(4,5)46-39-44(73(66,67)68)22-24-48(46)57(49)28-13-9-12-16-51(61)56-27-29-59-52(62)25-26-53(59)63/h6-8,10-11,14-15,17-26,38-39H,9,12-13,16,27-37,40H2,1-5H3,(H-,56,61,66,67,68)/p+1. The van der Waals surface area contributed by atoms with Gasteiger partial charge in [-0.05, 0) is 81.1 Å². The van der Waals surface area contributed by atoms with Crippen LogP contribution in [-0.2, 0) is 60.9 Å². The number of benzene rings is 3. The Morgan fingerprint density at radius 3 is 2.07 bits per heavy atom. The van der Waals surface area contributed by atoms with E-state index in [0.29, 0.717) is 78.8 Å². The fraction of sp³-hybridized carbons (Fsp3) is 0.418. The minimum absolute atomic E-state index is 0.0467. The zero-order valence-corrected chi connectivity index (χ0v) is 43.2. The third kappa shape index (κ3) is 15.1. The van der Waals surface area contributed by atoms with E-state index in [1.807, 2.05) is 50.3 Å². The molecule has 0 spiro atoms. The lowest BCUT2D eigenvalue weighted by Gasteiger charge is -2.27. The van der Waals surface area contributed by atoms with Crippen LogP contribution in [0.2, 0.25) is 0 Å². The van der Waals surface area contributed by atoms with Crippen molar-refractivity contribution in [1.29, 1.82) is 0 Å². The molecule has 0 saturated heterocycles. The average Bonchev–Trinajstić information content (AvgIpc) is 3.86. The number of amides is 3. The Balaban J connectivity index is 0.985. The maximum atomic E-state index is 12.5. The Labute approximate surface area is 428 Å². The summed E-state index contributed by atoms with van der Waals surface area (Å²) in [5.74, 6) is -0.921. The van der Waals surface area contributed by atoms with Gasteiger partial charge in [0.05, 0.1) is 68.1 Å². The van der Waals surface area contributed by atoms with Crippen LogP contribution >= 0.6 is 0 Å². The van der Waals surface area contributed by atoms with E-state index in [-0.39, 0.29) is 46.8 Å². The summed E-state index contributed by atoms with van der Waals surface area (Å²) in [7, 11) is -4.42. The summed E-state index contributed by atoms with van der Waals surface area (Å²) in [5, 5.41) is 13.6. The van der Waals surface area contributed by atoms with Gasteiger partial charge in [-0.25, -0.2) is 0 Å². The van der Waals surface area contributed by atoms with Crippen molar-refractivity contribution in [2.75, 3.05) is 77.3 Å². The van der Waals surface area contributed by atoms with Gasteiger partial charge in [0.15, 0.2) is 5.71 Å². The predicted octanol–water partition coefficient (Wildman–Crippen LogP) is 7.74. The van der Waals surface area contributed by atoms with E-state index in [9.17, 15) is 37.5 Å². The van der Waals surface area contributed by atoms with Gasteiger partial charge in [-0.1, -0.05) is 61.9 Å². The second kappa shape index (κ2) is 26.0. The van der Waals surface area contributed by atoms with E-state index < -0.39 is 20.5 Å². The number of imide groups is 1. The van der Waals surface area contributed by atoms with E-state index in [1.54, 1.807) is 18.2 Å². The van der Waals surface area contributed by atoms with Crippen molar-refractivity contribution in [2.24, 2.45) is 0 Å². The topological polar surface area (TPSA) is 207 Å². The predicted molar refractivity (Wildman–Crippen MR) is 279 cm³/mol. The maximum Gasteiger partial charge on any atom is 0.294 e. The molecule has 3 amide bonds. The quantitative estimate of drug-likeness (QED) is 0.0130. The molecular weight excluding hydrogens is 955 g/mol. The molecule has 6 rings (SSSR count). The van der Waals surface area contributed by atoms with E-state index >= 15 is 0 Å². The van der Waals surface area contributed by atoms with Gasteiger partial charge < -0.3 is 29.2 Å².